The normalized spacial score (nSPS) is 21.3. The number of sulfonamides is 2. The van der Waals surface area contributed by atoms with Gasteiger partial charge in [-0.05, 0) is 57.9 Å². The molecular weight excluding hydrogens is 446 g/mol. The van der Waals surface area contributed by atoms with Crippen molar-refractivity contribution >= 4 is 37.7 Å². The molecule has 172 valence electrons. The fraction of sp³-hybridized carbons (Fsp3) is 0.579. The quantitative estimate of drug-likeness (QED) is 0.682. The molecule has 0 unspecified atom stereocenters. The summed E-state index contributed by atoms with van der Waals surface area (Å²) in [4.78, 5) is 25.7. The van der Waals surface area contributed by atoms with Crippen LogP contribution < -0.4 is 9.03 Å². The largest absolute Gasteiger partial charge is 0.450 e. The van der Waals surface area contributed by atoms with Crippen LogP contribution in [0.2, 0.25) is 0 Å². The number of amides is 2. The second-order valence-corrected chi connectivity index (χ2v) is 11.8. The molecule has 1 aromatic carbocycles. The fourth-order valence-electron chi connectivity index (χ4n) is 3.70. The Labute approximate surface area is 182 Å². The molecule has 0 saturated carbocycles. The van der Waals surface area contributed by atoms with Crippen LogP contribution in [0.15, 0.2) is 29.2 Å². The molecule has 0 spiro atoms. The van der Waals surface area contributed by atoms with Gasteiger partial charge >= 0.3 is 6.09 Å². The number of piperidine rings is 1. The van der Waals surface area contributed by atoms with E-state index in [-0.39, 0.29) is 29.0 Å². The van der Waals surface area contributed by atoms with Gasteiger partial charge in [0, 0.05) is 19.1 Å². The van der Waals surface area contributed by atoms with Crippen LogP contribution in [0.1, 0.15) is 33.6 Å². The monoisotopic (exact) mass is 473 g/mol. The SMILES string of the molecule is CCOC(=O)N1CCC(NS(=O)(=O)c2ccc(N3C(=O)C(C)(C)CS3(=O)=O)cc2)CC1. The van der Waals surface area contributed by atoms with Crippen molar-refractivity contribution in [3.8, 4) is 0 Å². The molecular formula is C19H27N3O7S2. The van der Waals surface area contributed by atoms with Gasteiger partial charge in [0.25, 0.3) is 0 Å². The van der Waals surface area contributed by atoms with E-state index in [0.717, 1.165) is 4.31 Å². The minimum atomic E-state index is -3.85. The van der Waals surface area contributed by atoms with Gasteiger partial charge in [-0.2, -0.15) is 0 Å². The van der Waals surface area contributed by atoms with Crippen LogP contribution in [0, 0.1) is 5.41 Å². The van der Waals surface area contributed by atoms with Gasteiger partial charge in [0.2, 0.25) is 26.0 Å². The molecule has 31 heavy (non-hydrogen) atoms. The summed E-state index contributed by atoms with van der Waals surface area (Å²) in [5.74, 6) is -0.847. The van der Waals surface area contributed by atoms with E-state index in [1.807, 2.05) is 0 Å². The molecule has 10 nitrogen and oxygen atoms in total. The minimum absolute atomic E-state index is 0.0348. The molecule has 1 aromatic rings. The number of nitrogens with one attached hydrogen (secondary N) is 1. The van der Waals surface area contributed by atoms with Crippen molar-refractivity contribution < 1.29 is 31.2 Å². The lowest BCUT2D eigenvalue weighted by atomic mass is 9.95. The molecule has 0 aromatic heterocycles. The number of hydrogen-bond donors (Lipinski definition) is 1. The Hall–Kier alpha value is -2.18. The third-order valence-electron chi connectivity index (χ3n) is 5.31. The lowest BCUT2D eigenvalue weighted by molar-refractivity contribution is -0.123. The van der Waals surface area contributed by atoms with Crippen molar-refractivity contribution in [2.75, 3.05) is 29.8 Å². The number of ether oxygens (including phenoxy) is 1. The van der Waals surface area contributed by atoms with Crippen LogP contribution in [0.3, 0.4) is 0 Å². The van der Waals surface area contributed by atoms with Gasteiger partial charge in [0.05, 0.1) is 28.4 Å². The van der Waals surface area contributed by atoms with Crippen molar-refractivity contribution in [2.45, 2.75) is 44.6 Å². The van der Waals surface area contributed by atoms with E-state index in [0.29, 0.717) is 25.9 Å². The molecule has 3 rings (SSSR count). The summed E-state index contributed by atoms with van der Waals surface area (Å²) in [6.07, 6.45) is 0.492. The van der Waals surface area contributed by atoms with E-state index in [1.54, 1.807) is 20.8 Å². The summed E-state index contributed by atoms with van der Waals surface area (Å²) in [5.41, 5.74) is -0.930. The number of nitrogens with zero attached hydrogens (tertiary/aromatic N) is 2. The maximum absolute atomic E-state index is 12.7. The van der Waals surface area contributed by atoms with Gasteiger partial charge in [0.15, 0.2) is 0 Å². The Kier molecular flexibility index (Phi) is 6.36. The summed E-state index contributed by atoms with van der Waals surface area (Å²) in [7, 11) is -7.66. The maximum Gasteiger partial charge on any atom is 0.409 e. The summed E-state index contributed by atoms with van der Waals surface area (Å²) in [6, 6.07) is 4.85. The number of hydrogen-bond acceptors (Lipinski definition) is 7. The lowest BCUT2D eigenvalue weighted by Crippen LogP contribution is -2.46. The third kappa shape index (κ3) is 4.85. The number of rotatable bonds is 5. The highest BCUT2D eigenvalue weighted by Gasteiger charge is 2.49. The van der Waals surface area contributed by atoms with Crippen molar-refractivity contribution in [3.05, 3.63) is 24.3 Å². The van der Waals surface area contributed by atoms with Gasteiger partial charge in [-0.15, -0.1) is 0 Å². The summed E-state index contributed by atoms with van der Waals surface area (Å²) in [6.45, 7) is 5.89. The van der Waals surface area contributed by atoms with Crippen molar-refractivity contribution in [1.82, 2.24) is 9.62 Å². The Morgan fingerprint density at radius 1 is 1.19 bits per heavy atom. The number of likely N-dealkylation sites (tertiary alicyclic amines) is 1. The van der Waals surface area contributed by atoms with E-state index in [1.165, 1.54) is 29.2 Å². The Morgan fingerprint density at radius 3 is 2.26 bits per heavy atom. The van der Waals surface area contributed by atoms with Crippen LogP contribution in [0.5, 0.6) is 0 Å². The van der Waals surface area contributed by atoms with E-state index in [9.17, 15) is 26.4 Å². The molecule has 2 amide bonds. The lowest BCUT2D eigenvalue weighted by Gasteiger charge is -2.31. The highest BCUT2D eigenvalue weighted by molar-refractivity contribution is 7.94. The first kappa shape index (κ1) is 23.5. The van der Waals surface area contributed by atoms with Gasteiger partial charge in [0.1, 0.15) is 0 Å². The summed E-state index contributed by atoms with van der Waals surface area (Å²) < 4.78 is 58.5. The summed E-state index contributed by atoms with van der Waals surface area (Å²) in [5, 5.41) is 0. The van der Waals surface area contributed by atoms with Gasteiger partial charge in [-0.25, -0.2) is 30.7 Å². The van der Waals surface area contributed by atoms with E-state index >= 15 is 0 Å². The first-order valence-corrected chi connectivity index (χ1v) is 13.1. The molecule has 2 aliphatic heterocycles. The van der Waals surface area contributed by atoms with E-state index in [2.05, 4.69) is 4.72 Å². The highest BCUT2D eigenvalue weighted by atomic mass is 32.2. The molecule has 0 bridgehead atoms. The van der Waals surface area contributed by atoms with Crippen LogP contribution in [0.4, 0.5) is 10.5 Å². The first-order chi connectivity index (χ1) is 14.4. The first-order valence-electron chi connectivity index (χ1n) is 9.99. The van der Waals surface area contributed by atoms with Crippen molar-refractivity contribution in [1.29, 1.82) is 0 Å². The molecule has 1 N–H and O–H groups in total. The van der Waals surface area contributed by atoms with E-state index in [4.69, 9.17) is 4.74 Å². The average Bonchev–Trinajstić information content (AvgIpc) is 2.84. The minimum Gasteiger partial charge on any atom is -0.450 e. The molecule has 2 heterocycles. The highest BCUT2D eigenvalue weighted by Crippen LogP contribution is 2.36. The number of anilines is 1. The molecule has 2 aliphatic rings. The number of carbonyl (C=O) groups excluding carboxylic acids is 2. The Bertz CT molecular complexity index is 1060. The van der Waals surface area contributed by atoms with Crippen molar-refractivity contribution in [3.63, 3.8) is 0 Å². The molecule has 2 fully saturated rings. The zero-order valence-electron chi connectivity index (χ0n) is 17.7. The molecule has 0 radical (unpaired) electrons. The van der Waals surface area contributed by atoms with Crippen LogP contribution in [-0.2, 0) is 29.6 Å². The molecule has 0 aliphatic carbocycles. The van der Waals surface area contributed by atoms with E-state index < -0.39 is 37.5 Å². The standard InChI is InChI=1S/C19H27N3O7S2/c1-4-29-18(24)21-11-9-14(10-12-21)20-31(27,28)16-7-5-15(6-8-16)22-17(23)19(2,3)13-30(22,25)26/h5-8,14,20H,4,9-13H2,1-3H3. The number of carbonyl (C=O) groups is 2. The Balaban J connectivity index is 1.69. The second kappa shape index (κ2) is 8.40. The molecule has 2 saturated heterocycles. The zero-order valence-corrected chi connectivity index (χ0v) is 19.3. The van der Waals surface area contributed by atoms with Gasteiger partial charge in [-0.3, -0.25) is 4.79 Å². The smallest absolute Gasteiger partial charge is 0.409 e. The maximum atomic E-state index is 12.7. The van der Waals surface area contributed by atoms with Gasteiger partial charge in [-0.1, -0.05) is 0 Å². The average molecular weight is 474 g/mol. The van der Waals surface area contributed by atoms with Crippen LogP contribution in [-0.4, -0.2) is 65.2 Å². The third-order valence-corrected chi connectivity index (χ3v) is 8.87. The fourth-order valence-corrected chi connectivity index (χ4v) is 7.12. The summed E-state index contributed by atoms with van der Waals surface area (Å²) >= 11 is 0. The molecule has 12 heteroatoms. The Morgan fingerprint density at radius 2 is 1.77 bits per heavy atom. The predicted molar refractivity (Wildman–Crippen MR) is 113 cm³/mol. The number of benzene rings is 1. The second-order valence-electron chi connectivity index (χ2n) is 8.29. The van der Waals surface area contributed by atoms with Crippen LogP contribution in [0.25, 0.3) is 0 Å². The molecule has 0 atom stereocenters. The zero-order chi connectivity index (χ0) is 23.0. The topological polar surface area (TPSA) is 130 Å². The van der Waals surface area contributed by atoms with Gasteiger partial charge < -0.3 is 9.64 Å². The van der Waals surface area contributed by atoms with Crippen LogP contribution >= 0.6 is 0 Å². The predicted octanol–water partition coefficient (Wildman–Crippen LogP) is 1.29. The van der Waals surface area contributed by atoms with Crippen molar-refractivity contribution in [2.24, 2.45) is 5.41 Å².